The first-order valence-corrected chi connectivity index (χ1v) is 8.13. The second-order valence-electron chi connectivity index (χ2n) is 6.35. The zero-order chi connectivity index (χ0) is 15.9. The van der Waals surface area contributed by atoms with Gasteiger partial charge in [0.2, 0.25) is 5.91 Å². The lowest BCUT2D eigenvalue weighted by molar-refractivity contribution is -0.187. The van der Waals surface area contributed by atoms with E-state index < -0.39 is 5.79 Å². The molecule has 6 heteroatoms. The van der Waals surface area contributed by atoms with Crippen molar-refractivity contribution < 1.29 is 14.3 Å². The molecule has 1 amide bonds. The maximum atomic E-state index is 12.6. The van der Waals surface area contributed by atoms with E-state index in [-0.39, 0.29) is 12.5 Å². The van der Waals surface area contributed by atoms with Gasteiger partial charge in [0.15, 0.2) is 5.79 Å². The summed E-state index contributed by atoms with van der Waals surface area (Å²) in [6, 6.07) is 6.17. The Morgan fingerprint density at radius 1 is 1.26 bits per heavy atom. The molecule has 2 aromatic rings. The molecule has 0 bridgehead atoms. The van der Waals surface area contributed by atoms with Crippen molar-refractivity contribution in [2.24, 2.45) is 0 Å². The third-order valence-electron chi connectivity index (χ3n) is 4.78. The number of ether oxygens (including phenoxy) is 2. The maximum absolute atomic E-state index is 12.6. The van der Waals surface area contributed by atoms with Crippen LogP contribution in [0.1, 0.15) is 18.4 Å². The largest absolute Gasteiger partial charge is 0.347 e. The monoisotopic (exact) mass is 315 g/mol. The summed E-state index contributed by atoms with van der Waals surface area (Å²) in [5.74, 6) is -0.337. The highest BCUT2D eigenvalue weighted by molar-refractivity contribution is 5.82. The Labute approximate surface area is 135 Å². The number of rotatable bonds is 2. The fourth-order valence-electron chi connectivity index (χ4n) is 3.42. The molecule has 0 atom stereocenters. The van der Waals surface area contributed by atoms with E-state index in [9.17, 15) is 4.79 Å². The van der Waals surface area contributed by atoms with Crippen LogP contribution in [0, 0.1) is 6.92 Å². The lowest BCUT2D eigenvalue weighted by atomic mass is 10.0. The third kappa shape index (κ3) is 2.72. The number of likely N-dealkylation sites (tertiary alicyclic amines) is 1. The minimum atomic E-state index is -0.438. The standard InChI is InChI=1S/C17H21N3O3/c1-13-2-3-14-11-18-20(15(14)10-13)12-16(21)19-6-4-17(5-7-19)22-8-9-23-17/h2-3,10-11H,4-9,12H2,1H3. The van der Waals surface area contributed by atoms with Gasteiger partial charge in [-0.25, -0.2) is 0 Å². The van der Waals surface area contributed by atoms with E-state index in [2.05, 4.69) is 17.2 Å². The van der Waals surface area contributed by atoms with Crippen LogP contribution >= 0.6 is 0 Å². The average Bonchev–Trinajstić information content (AvgIpc) is 3.16. The highest BCUT2D eigenvalue weighted by Gasteiger charge is 2.40. The number of carbonyl (C=O) groups is 1. The van der Waals surface area contributed by atoms with Crippen LogP contribution in [-0.2, 0) is 20.8 Å². The number of aryl methyl sites for hydroxylation is 1. The number of nitrogens with zero attached hydrogens (tertiary/aromatic N) is 3. The normalized spacial score (nSPS) is 20.5. The van der Waals surface area contributed by atoms with E-state index in [4.69, 9.17) is 9.47 Å². The van der Waals surface area contributed by atoms with Gasteiger partial charge in [-0.2, -0.15) is 5.10 Å². The molecule has 0 radical (unpaired) electrons. The average molecular weight is 315 g/mol. The first kappa shape index (κ1) is 14.7. The van der Waals surface area contributed by atoms with Crippen LogP contribution in [0.25, 0.3) is 10.9 Å². The molecule has 4 rings (SSSR count). The van der Waals surface area contributed by atoms with Crippen molar-refractivity contribution in [2.45, 2.75) is 32.1 Å². The fraction of sp³-hybridized carbons (Fsp3) is 0.529. The van der Waals surface area contributed by atoms with Gasteiger partial charge >= 0.3 is 0 Å². The molecule has 23 heavy (non-hydrogen) atoms. The van der Waals surface area contributed by atoms with Gasteiger partial charge < -0.3 is 14.4 Å². The minimum Gasteiger partial charge on any atom is -0.347 e. The molecule has 122 valence electrons. The summed E-state index contributed by atoms with van der Waals surface area (Å²) in [6.45, 7) is 5.00. The molecule has 2 aliphatic heterocycles. The van der Waals surface area contributed by atoms with Gasteiger partial charge in [0.25, 0.3) is 0 Å². The number of aromatic nitrogens is 2. The molecule has 6 nitrogen and oxygen atoms in total. The van der Waals surface area contributed by atoms with Gasteiger partial charge in [0.05, 0.1) is 24.9 Å². The predicted octanol–water partition coefficient (Wildman–Crippen LogP) is 1.71. The minimum absolute atomic E-state index is 0.101. The molecule has 0 aliphatic carbocycles. The summed E-state index contributed by atoms with van der Waals surface area (Å²) in [6.07, 6.45) is 3.31. The number of benzene rings is 1. The number of fused-ring (bicyclic) bond motifs is 1. The molecule has 0 unspecified atom stereocenters. The summed E-state index contributed by atoms with van der Waals surface area (Å²) in [5, 5.41) is 5.43. The molecule has 0 saturated carbocycles. The van der Waals surface area contributed by atoms with E-state index in [1.165, 1.54) is 5.56 Å². The SMILES string of the molecule is Cc1ccc2cnn(CC(=O)N3CCC4(CC3)OCCO4)c2c1. The quantitative estimate of drug-likeness (QED) is 0.846. The van der Waals surface area contributed by atoms with Crippen LogP contribution in [0.3, 0.4) is 0 Å². The van der Waals surface area contributed by atoms with Gasteiger partial charge in [-0.15, -0.1) is 0 Å². The Morgan fingerprint density at radius 2 is 2.00 bits per heavy atom. The Balaban J connectivity index is 1.44. The van der Waals surface area contributed by atoms with Crippen molar-refractivity contribution in [3.05, 3.63) is 30.0 Å². The van der Waals surface area contributed by atoms with Gasteiger partial charge in [-0.1, -0.05) is 12.1 Å². The van der Waals surface area contributed by atoms with E-state index in [0.717, 1.165) is 23.7 Å². The Morgan fingerprint density at radius 3 is 2.74 bits per heavy atom. The van der Waals surface area contributed by atoms with Gasteiger partial charge in [0, 0.05) is 31.3 Å². The number of hydrogen-bond acceptors (Lipinski definition) is 4. The van der Waals surface area contributed by atoms with Crippen molar-refractivity contribution in [1.29, 1.82) is 0 Å². The van der Waals surface area contributed by atoms with Crippen molar-refractivity contribution in [2.75, 3.05) is 26.3 Å². The Bertz CT molecular complexity index is 724. The molecular weight excluding hydrogens is 294 g/mol. The fourth-order valence-corrected chi connectivity index (χ4v) is 3.42. The van der Waals surface area contributed by atoms with Crippen LogP contribution in [0.5, 0.6) is 0 Å². The number of carbonyl (C=O) groups excluding carboxylic acids is 1. The van der Waals surface area contributed by atoms with Gasteiger partial charge in [-0.3, -0.25) is 9.48 Å². The van der Waals surface area contributed by atoms with Crippen LogP contribution in [0.2, 0.25) is 0 Å². The molecule has 1 spiro atoms. The highest BCUT2D eigenvalue weighted by Crippen LogP contribution is 2.31. The Kier molecular flexibility index (Phi) is 3.58. The van der Waals surface area contributed by atoms with E-state index in [1.54, 1.807) is 4.68 Å². The first-order valence-electron chi connectivity index (χ1n) is 8.13. The van der Waals surface area contributed by atoms with Crippen LogP contribution in [0.15, 0.2) is 24.4 Å². The smallest absolute Gasteiger partial charge is 0.244 e. The van der Waals surface area contributed by atoms with Crippen molar-refractivity contribution in [3.8, 4) is 0 Å². The molecule has 2 fully saturated rings. The van der Waals surface area contributed by atoms with E-state index >= 15 is 0 Å². The summed E-state index contributed by atoms with van der Waals surface area (Å²) in [5.41, 5.74) is 2.18. The van der Waals surface area contributed by atoms with Crippen LogP contribution < -0.4 is 0 Å². The van der Waals surface area contributed by atoms with Gasteiger partial charge in [0.1, 0.15) is 6.54 Å². The van der Waals surface area contributed by atoms with Crippen LogP contribution in [0.4, 0.5) is 0 Å². The number of hydrogen-bond donors (Lipinski definition) is 0. The van der Waals surface area contributed by atoms with E-state index in [0.29, 0.717) is 26.3 Å². The lowest BCUT2D eigenvalue weighted by Crippen LogP contribution is -2.48. The molecule has 1 aromatic carbocycles. The second-order valence-corrected chi connectivity index (χ2v) is 6.35. The van der Waals surface area contributed by atoms with Crippen LogP contribution in [-0.4, -0.2) is 52.7 Å². The molecule has 3 heterocycles. The molecule has 2 aliphatic rings. The van der Waals surface area contributed by atoms with Crippen molar-refractivity contribution in [1.82, 2.24) is 14.7 Å². The third-order valence-corrected chi connectivity index (χ3v) is 4.78. The summed E-state index contributed by atoms with van der Waals surface area (Å²) in [4.78, 5) is 14.5. The summed E-state index contributed by atoms with van der Waals surface area (Å²) in [7, 11) is 0. The summed E-state index contributed by atoms with van der Waals surface area (Å²) < 4.78 is 13.2. The second kappa shape index (κ2) is 5.62. The Hall–Kier alpha value is -1.92. The number of amides is 1. The highest BCUT2D eigenvalue weighted by atomic mass is 16.7. The molecule has 0 N–H and O–H groups in total. The van der Waals surface area contributed by atoms with Crippen molar-refractivity contribution in [3.63, 3.8) is 0 Å². The van der Waals surface area contributed by atoms with Crippen molar-refractivity contribution >= 4 is 16.8 Å². The molecular formula is C17H21N3O3. The summed E-state index contributed by atoms with van der Waals surface area (Å²) >= 11 is 0. The topological polar surface area (TPSA) is 56.6 Å². The van der Waals surface area contributed by atoms with Gasteiger partial charge in [-0.05, 0) is 18.6 Å². The predicted molar refractivity (Wildman–Crippen MR) is 84.9 cm³/mol. The lowest BCUT2D eigenvalue weighted by Gasteiger charge is -2.37. The molecule has 1 aromatic heterocycles. The maximum Gasteiger partial charge on any atom is 0.244 e. The zero-order valence-corrected chi connectivity index (χ0v) is 13.3. The first-order chi connectivity index (χ1) is 11.2. The number of piperidine rings is 1. The van der Waals surface area contributed by atoms with E-state index in [1.807, 2.05) is 24.1 Å². The zero-order valence-electron chi connectivity index (χ0n) is 13.3. The molecule has 2 saturated heterocycles.